The van der Waals surface area contributed by atoms with E-state index in [1.807, 2.05) is 0 Å². The van der Waals surface area contributed by atoms with Gasteiger partial charge >= 0.3 is 12.0 Å². The zero-order valence-corrected chi connectivity index (χ0v) is 13.1. The van der Waals surface area contributed by atoms with Crippen LogP contribution in [-0.4, -0.2) is 79.8 Å². The maximum Gasteiger partial charge on any atom is 0.320 e. The minimum absolute atomic E-state index is 0.0828. The Morgan fingerprint density at radius 1 is 1.33 bits per heavy atom. The van der Waals surface area contributed by atoms with Gasteiger partial charge in [-0.2, -0.15) is 0 Å². The van der Waals surface area contributed by atoms with Crippen LogP contribution in [0.1, 0.15) is 13.8 Å². The molecule has 0 saturated carbocycles. The summed E-state index contributed by atoms with van der Waals surface area (Å²) in [6.45, 7) is 4.49. The number of urea groups is 1. The molecule has 0 aromatic heterocycles. The highest BCUT2D eigenvalue weighted by molar-refractivity contribution is 5.84. The first kappa shape index (κ1) is 19.2. The van der Waals surface area contributed by atoms with Crippen LogP contribution in [-0.2, 0) is 14.3 Å². The summed E-state index contributed by atoms with van der Waals surface area (Å²) in [6.07, 6.45) is 0. The molecule has 122 valence electrons. The maximum absolute atomic E-state index is 12.2. The lowest BCUT2D eigenvalue weighted by molar-refractivity contribution is -0.141. The Kier molecular flexibility index (Phi) is 9.11. The molecule has 0 spiro atoms. The Balaban J connectivity index is 4.38. The third-order valence-corrected chi connectivity index (χ3v) is 2.90. The second-order valence-corrected chi connectivity index (χ2v) is 4.76. The van der Waals surface area contributed by atoms with Crippen molar-refractivity contribution < 1.29 is 24.2 Å². The second-order valence-electron chi connectivity index (χ2n) is 4.76. The highest BCUT2D eigenvalue weighted by Crippen LogP contribution is 2.03. The smallest absolute Gasteiger partial charge is 0.320 e. The molecule has 0 bridgehead atoms. The Morgan fingerprint density at radius 3 is 2.43 bits per heavy atom. The second kappa shape index (κ2) is 9.98. The van der Waals surface area contributed by atoms with Crippen molar-refractivity contribution in [3.63, 3.8) is 0 Å². The highest BCUT2D eigenvalue weighted by Gasteiger charge is 2.22. The Bertz CT molecular complexity index is 362. The summed E-state index contributed by atoms with van der Waals surface area (Å²) in [6, 6.07) is -0.368. The molecule has 0 aliphatic rings. The predicted molar refractivity (Wildman–Crippen MR) is 77.0 cm³/mol. The van der Waals surface area contributed by atoms with Crippen LogP contribution in [0.4, 0.5) is 4.79 Å². The number of hydrogen-bond donors (Lipinski definition) is 2. The number of rotatable bonds is 9. The van der Waals surface area contributed by atoms with Crippen LogP contribution in [0.25, 0.3) is 0 Å². The van der Waals surface area contributed by atoms with Crippen molar-refractivity contribution in [3.05, 3.63) is 0 Å². The molecular formula is C13H25N3O5. The fraction of sp³-hybridized carbons (Fsp3) is 0.769. The van der Waals surface area contributed by atoms with Crippen LogP contribution < -0.4 is 5.32 Å². The summed E-state index contributed by atoms with van der Waals surface area (Å²) in [5, 5.41) is 11.5. The first-order valence-electron chi connectivity index (χ1n) is 6.81. The quantitative estimate of drug-likeness (QED) is 0.577. The van der Waals surface area contributed by atoms with Gasteiger partial charge in [0.1, 0.15) is 6.54 Å². The van der Waals surface area contributed by atoms with E-state index in [0.717, 1.165) is 0 Å². The molecule has 0 saturated heterocycles. The molecule has 8 heteroatoms. The number of ether oxygens (including phenoxy) is 1. The molecule has 0 radical (unpaired) electrons. The normalized spacial score (nSPS) is 11.6. The number of carboxylic acids is 1. The molecule has 2 N–H and O–H groups in total. The number of nitrogens with one attached hydrogen (secondary N) is 1. The molecule has 0 fully saturated rings. The van der Waals surface area contributed by atoms with E-state index in [1.165, 1.54) is 30.9 Å². The molecule has 0 aliphatic heterocycles. The summed E-state index contributed by atoms with van der Waals surface area (Å²) >= 11 is 0. The van der Waals surface area contributed by atoms with Gasteiger partial charge in [-0.05, 0) is 6.92 Å². The molecule has 0 heterocycles. The zero-order chi connectivity index (χ0) is 16.4. The third-order valence-electron chi connectivity index (χ3n) is 2.90. The van der Waals surface area contributed by atoms with Crippen LogP contribution in [0.5, 0.6) is 0 Å². The molecule has 0 aliphatic carbocycles. The zero-order valence-electron chi connectivity index (χ0n) is 13.1. The van der Waals surface area contributed by atoms with Gasteiger partial charge in [-0.3, -0.25) is 9.59 Å². The predicted octanol–water partition coefficient (Wildman–Crippen LogP) is -0.157. The third kappa shape index (κ3) is 7.50. The molecule has 0 aromatic carbocycles. The number of carboxylic acid groups (broad SMARTS) is 1. The molecule has 1 atom stereocenters. The van der Waals surface area contributed by atoms with Gasteiger partial charge in [-0.1, -0.05) is 6.92 Å². The van der Waals surface area contributed by atoms with Gasteiger partial charge in [0.05, 0.1) is 12.5 Å². The van der Waals surface area contributed by atoms with Gasteiger partial charge < -0.3 is 25.0 Å². The number of carbonyl (C=O) groups is 3. The molecular weight excluding hydrogens is 278 g/mol. The van der Waals surface area contributed by atoms with Crippen molar-refractivity contribution in [1.82, 2.24) is 15.1 Å². The lowest BCUT2D eigenvalue weighted by atomic mass is 10.2. The molecule has 8 nitrogen and oxygen atoms in total. The SMILES string of the molecule is CCN(CC(C)C(=O)O)C(=O)N(C)CC(=O)NCCOC. The fourth-order valence-corrected chi connectivity index (χ4v) is 1.62. The fourth-order valence-electron chi connectivity index (χ4n) is 1.62. The van der Waals surface area contributed by atoms with Crippen molar-refractivity contribution >= 4 is 17.9 Å². The topological polar surface area (TPSA) is 99.2 Å². The standard InChI is InChI=1S/C13H25N3O5/c1-5-16(8-10(2)12(18)19)13(20)15(3)9-11(17)14-6-7-21-4/h10H,5-9H2,1-4H3,(H,14,17)(H,18,19). The van der Waals surface area contributed by atoms with E-state index in [-0.39, 0.29) is 25.0 Å². The van der Waals surface area contributed by atoms with Gasteiger partial charge in [-0.25, -0.2) is 4.79 Å². The van der Waals surface area contributed by atoms with Crippen molar-refractivity contribution in [2.45, 2.75) is 13.8 Å². The number of nitrogens with zero attached hydrogens (tertiary/aromatic N) is 2. The summed E-state index contributed by atoms with van der Waals surface area (Å²) in [5.74, 6) is -1.90. The Hall–Kier alpha value is -1.83. The minimum Gasteiger partial charge on any atom is -0.481 e. The number of amides is 3. The first-order chi connectivity index (χ1) is 9.83. The van der Waals surface area contributed by atoms with E-state index in [1.54, 1.807) is 6.92 Å². The summed E-state index contributed by atoms with van der Waals surface area (Å²) in [4.78, 5) is 37.3. The van der Waals surface area contributed by atoms with Crippen molar-refractivity contribution in [1.29, 1.82) is 0 Å². The first-order valence-corrected chi connectivity index (χ1v) is 6.81. The van der Waals surface area contributed by atoms with Gasteiger partial charge in [0.25, 0.3) is 0 Å². The summed E-state index contributed by atoms with van der Waals surface area (Å²) < 4.78 is 4.81. The van der Waals surface area contributed by atoms with Crippen molar-refractivity contribution in [3.8, 4) is 0 Å². The van der Waals surface area contributed by atoms with Gasteiger partial charge in [0, 0.05) is 33.8 Å². The van der Waals surface area contributed by atoms with Gasteiger partial charge in [0.15, 0.2) is 0 Å². The Morgan fingerprint density at radius 2 is 1.95 bits per heavy atom. The number of carbonyl (C=O) groups excluding carboxylic acids is 2. The van der Waals surface area contributed by atoms with Crippen molar-refractivity contribution in [2.24, 2.45) is 5.92 Å². The molecule has 0 rings (SSSR count). The van der Waals surface area contributed by atoms with Gasteiger partial charge in [-0.15, -0.1) is 0 Å². The Labute approximate surface area is 125 Å². The number of hydrogen-bond acceptors (Lipinski definition) is 4. The lowest BCUT2D eigenvalue weighted by Crippen LogP contribution is -2.47. The largest absolute Gasteiger partial charge is 0.481 e. The van der Waals surface area contributed by atoms with E-state index in [2.05, 4.69) is 5.32 Å². The van der Waals surface area contributed by atoms with E-state index in [0.29, 0.717) is 19.7 Å². The molecule has 0 aromatic rings. The van der Waals surface area contributed by atoms with Crippen LogP contribution in [0.3, 0.4) is 0 Å². The number of methoxy groups -OCH3 is 1. The highest BCUT2D eigenvalue weighted by atomic mass is 16.5. The molecule has 1 unspecified atom stereocenters. The maximum atomic E-state index is 12.2. The minimum atomic E-state index is -0.957. The number of likely N-dealkylation sites (N-methyl/N-ethyl adjacent to an activating group) is 1. The van der Waals surface area contributed by atoms with Crippen LogP contribution in [0, 0.1) is 5.92 Å². The van der Waals surface area contributed by atoms with Crippen LogP contribution in [0.2, 0.25) is 0 Å². The summed E-state index contributed by atoms with van der Waals surface area (Å²) in [7, 11) is 3.04. The average molecular weight is 303 g/mol. The van der Waals surface area contributed by atoms with E-state index >= 15 is 0 Å². The van der Waals surface area contributed by atoms with Gasteiger partial charge in [0.2, 0.25) is 5.91 Å². The summed E-state index contributed by atoms with van der Waals surface area (Å²) in [5.41, 5.74) is 0. The van der Waals surface area contributed by atoms with E-state index < -0.39 is 11.9 Å². The van der Waals surface area contributed by atoms with E-state index in [4.69, 9.17) is 9.84 Å². The van der Waals surface area contributed by atoms with Crippen LogP contribution in [0.15, 0.2) is 0 Å². The van der Waals surface area contributed by atoms with E-state index in [9.17, 15) is 14.4 Å². The monoisotopic (exact) mass is 303 g/mol. The molecule has 21 heavy (non-hydrogen) atoms. The lowest BCUT2D eigenvalue weighted by Gasteiger charge is -2.28. The van der Waals surface area contributed by atoms with Crippen LogP contribution >= 0.6 is 0 Å². The molecule has 3 amide bonds. The number of aliphatic carboxylic acids is 1. The van der Waals surface area contributed by atoms with Crippen molar-refractivity contribution in [2.75, 3.05) is 46.9 Å². The average Bonchev–Trinajstić information content (AvgIpc) is 2.43.